The van der Waals surface area contributed by atoms with Gasteiger partial charge in [0.2, 0.25) is 5.91 Å². The van der Waals surface area contributed by atoms with E-state index in [1.165, 1.54) is 11.3 Å². The number of anilines is 1. The zero-order valence-electron chi connectivity index (χ0n) is 16.6. The number of aryl methyl sites for hydroxylation is 1. The quantitative estimate of drug-likeness (QED) is 0.666. The summed E-state index contributed by atoms with van der Waals surface area (Å²) in [5, 5.41) is 12.7. The molecule has 1 heterocycles. The number of benzene rings is 1. The lowest BCUT2D eigenvalue weighted by Crippen LogP contribution is -2.36. The first-order valence-corrected chi connectivity index (χ1v) is 10.6. The van der Waals surface area contributed by atoms with Gasteiger partial charge in [-0.05, 0) is 32.3 Å². The van der Waals surface area contributed by atoms with Crippen molar-refractivity contribution in [1.82, 2.24) is 0 Å². The highest BCUT2D eigenvalue weighted by molar-refractivity contribution is 7.17. The summed E-state index contributed by atoms with van der Waals surface area (Å²) < 4.78 is 5.25. The Hall–Kier alpha value is -2.67. The number of ether oxygens (including phenoxy) is 1. The van der Waals surface area contributed by atoms with Gasteiger partial charge in [0, 0.05) is 10.4 Å². The second-order valence-electron chi connectivity index (χ2n) is 7.15. The molecular weight excluding hydrogens is 390 g/mol. The van der Waals surface area contributed by atoms with Gasteiger partial charge in [-0.25, -0.2) is 4.79 Å². The molecule has 1 aliphatic carbocycles. The third-order valence-electron chi connectivity index (χ3n) is 5.28. The maximum absolute atomic E-state index is 13.0. The third kappa shape index (κ3) is 4.50. The van der Waals surface area contributed by atoms with Crippen molar-refractivity contribution in [2.75, 3.05) is 11.9 Å². The first-order chi connectivity index (χ1) is 13.9. The second-order valence-corrected chi connectivity index (χ2v) is 8.37. The number of hydrogen-bond acceptors (Lipinski definition) is 5. The van der Waals surface area contributed by atoms with Crippen molar-refractivity contribution >= 4 is 34.2 Å². The molecule has 0 spiro atoms. The van der Waals surface area contributed by atoms with Gasteiger partial charge in [0.1, 0.15) is 10.6 Å². The smallest absolute Gasteiger partial charge is 0.341 e. The van der Waals surface area contributed by atoms with E-state index in [1.807, 2.05) is 37.3 Å². The van der Waals surface area contributed by atoms with Gasteiger partial charge < -0.3 is 15.2 Å². The number of rotatable bonds is 6. The molecule has 2 atom stereocenters. The van der Waals surface area contributed by atoms with E-state index < -0.39 is 23.8 Å². The molecule has 0 saturated heterocycles. The zero-order chi connectivity index (χ0) is 21.0. The highest BCUT2D eigenvalue weighted by Crippen LogP contribution is 2.41. The van der Waals surface area contributed by atoms with E-state index in [1.54, 1.807) is 6.92 Å². The first-order valence-electron chi connectivity index (χ1n) is 9.83. The minimum absolute atomic E-state index is 0.221. The van der Waals surface area contributed by atoms with Gasteiger partial charge in [-0.2, -0.15) is 0 Å². The maximum Gasteiger partial charge on any atom is 0.341 e. The predicted octanol–water partition coefficient (Wildman–Crippen LogP) is 4.73. The van der Waals surface area contributed by atoms with E-state index in [9.17, 15) is 19.5 Å². The molecule has 3 rings (SSSR count). The van der Waals surface area contributed by atoms with Crippen LogP contribution >= 0.6 is 11.3 Å². The van der Waals surface area contributed by atoms with Crippen molar-refractivity contribution in [3.63, 3.8) is 0 Å². The highest BCUT2D eigenvalue weighted by Gasteiger charge is 2.36. The monoisotopic (exact) mass is 415 g/mol. The number of carbonyl (C=O) groups is 3. The minimum Gasteiger partial charge on any atom is -0.481 e. The SMILES string of the molecule is CCOC(=O)c1c(NC(=O)[C@@H]2CCCC[C@@H]2C(=O)O)sc(C)c1-c1ccccc1. The van der Waals surface area contributed by atoms with Crippen molar-refractivity contribution < 1.29 is 24.2 Å². The van der Waals surface area contributed by atoms with Crippen LogP contribution in [-0.4, -0.2) is 29.6 Å². The normalized spacial score (nSPS) is 18.8. The molecule has 1 fully saturated rings. The fourth-order valence-corrected chi connectivity index (χ4v) is 5.00. The molecule has 1 saturated carbocycles. The van der Waals surface area contributed by atoms with Gasteiger partial charge >= 0.3 is 11.9 Å². The van der Waals surface area contributed by atoms with E-state index in [4.69, 9.17) is 4.74 Å². The Morgan fingerprint density at radius 1 is 1.14 bits per heavy atom. The third-order valence-corrected chi connectivity index (χ3v) is 6.30. The summed E-state index contributed by atoms with van der Waals surface area (Å²) in [6, 6.07) is 9.49. The molecule has 154 valence electrons. The summed E-state index contributed by atoms with van der Waals surface area (Å²) in [5.41, 5.74) is 1.94. The van der Waals surface area contributed by atoms with Crippen molar-refractivity contribution in [3.05, 3.63) is 40.8 Å². The summed E-state index contributed by atoms with van der Waals surface area (Å²) >= 11 is 1.31. The molecule has 1 aromatic heterocycles. The van der Waals surface area contributed by atoms with Crippen molar-refractivity contribution in [2.45, 2.75) is 39.5 Å². The van der Waals surface area contributed by atoms with Crippen LogP contribution in [0.5, 0.6) is 0 Å². The van der Waals surface area contributed by atoms with Crippen LogP contribution in [0.4, 0.5) is 5.00 Å². The summed E-state index contributed by atoms with van der Waals surface area (Å²) in [6.45, 7) is 3.85. The predicted molar refractivity (Wildman–Crippen MR) is 112 cm³/mol. The highest BCUT2D eigenvalue weighted by atomic mass is 32.1. The number of carboxylic acid groups (broad SMARTS) is 1. The van der Waals surface area contributed by atoms with Gasteiger partial charge in [-0.3, -0.25) is 9.59 Å². The lowest BCUT2D eigenvalue weighted by Gasteiger charge is -2.27. The minimum atomic E-state index is -0.942. The number of hydrogen-bond donors (Lipinski definition) is 2. The van der Waals surface area contributed by atoms with Gasteiger partial charge in [-0.1, -0.05) is 43.2 Å². The van der Waals surface area contributed by atoms with Crippen molar-refractivity contribution in [1.29, 1.82) is 0 Å². The van der Waals surface area contributed by atoms with Crippen molar-refractivity contribution in [3.8, 4) is 11.1 Å². The number of esters is 1. The van der Waals surface area contributed by atoms with Crippen molar-refractivity contribution in [2.24, 2.45) is 11.8 Å². The molecule has 0 aliphatic heterocycles. The average molecular weight is 416 g/mol. The van der Waals surface area contributed by atoms with Crippen LogP contribution in [0.3, 0.4) is 0 Å². The lowest BCUT2D eigenvalue weighted by atomic mass is 9.78. The number of aliphatic carboxylic acids is 1. The van der Waals surface area contributed by atoms with Gasteiger partial charge in [0.05, 0.1) is 18.4 Å². The number of nitrogens with one attached hydrogen (secondary N) is 1. The molecular formula is C22H25NO5S. The molecule has 0 unspecified atom stereocenters. The van der Waals surface area contributed by atoms with Crippen LogP contribution < -0.4 is 5.32 Å². The molecule has 0 bridgehead atoms. The Kier molecular flexibility index (Phi) is 6.69. The van der Waals surface area contributed by atoms with Crippen LogP contribution in [0, 0.1) is 18.8 Å². The van der Waals surface area contributed by atoms with E-state index in [2.05, 4.69) is 5.32 Å². The lowest BCUT2D eigenvalue weighted by molar-refractivity contribution is -0.147. The topological polar surface area (TPSA) is 92.7 Å². The van der Waals surface area contributed by atoms with E-state index >= 15 is 0 Å². The molecule has 6 nitrogen and oxygen atoms in total. The molecule has 2 N–H and O–H groups in total. The number of thiophene rings is 1. The Balaban J connectivity index is 1.97. The maximum atomic E-state index is 13.0. The largest absolute Gasteiger partial charge is 0.481 e. The van der Waals surface area contributed by atoms with Gasteiger partial charge in [0.25, 0.3) is 0 Å². The Bertz CT molecular complexity index is 905. The first kappa shape index (κ1) is 21.0. The zero-order valence-corrected chi connectivity index (χ0v) is 17.4. The Morgan fingerprint density at radius 2 is 1.79 bits per heavy atom. The fraction of sp³-hybridized carbons (Fsp3) is 0.409. The van der Waals surface area contributed by atoms with E-state index in [0.29, 0.717) is 23.4 Å². The second kappa shape index (κ2) is 9.22. The number of carbonyl (C=O) groups excluding carboxylic acids is 2. The molecule has 1 amide bonds. The summed E-state index contributed by atoms with van der Waals surface area (Å²) in [6.07, 6.45) is 2.67. The fourth-order valence-electron chi connectivity index (χ4n) is 3.93. The molecule has 2 aromatic rings. The van der Waals surface area contributed by atoms with E-state index in [0.717, 1.165) is 28.8 Å². The van der Waals surface area contributed by atoms with E-state index in [-0.39, 0.29) is 12.5 Å². The van der Waals surface area contributed by atoms with Crippen LogP contribution in [0.1, 0.15) is 47.8 Å². The summed E-state index contributed by atoms with van der Waals surface area (Å²) in [4.78, 5) is 38.2. The van der Waals surface area contributed by atoms with Crippen LogP contribution in [-0.2, 0) is 14.3 Å². The van der Waals surface area contributed by atoms with Crippen LogP contribution in [0.2, 0.25) is 0 Å². The molecule has 7 heteroatoms. The van der Waals surface area contributed by atoms with Crippen LogP contribution in [0.25, 0.3) is 11.1 Å². The van der Waals surface area contributed by atoms with Gasteiger partial charge in [0.15, 0.2) is 0 Å². The van der Waals surface area contributed by atoms with Crippen LogP contribution in [0.15, 0.2) is 30.3 Å². The molecule has 1 aromatic carbocycles. The molecule has 29 heavy (non-hydrogen) atoms. The Labute approximate surface area is 173 Å². The number of amides is 1. The standard InChI is InChI=1S/C22H25NO5S/c1-3-28-22(27)18-17(14-9-5-4-6-10-14)13(2)29-20(18)23-19(24)15-11-7-8-12-16(15)21(25)26/h4-6,9-10,15-16H,3,7-8,11-12H2,1-2H3,(H,23,24)(H,25,26)/t15-,16+/m1/s1. The molecule has 1 aliphatic rings. The average Bonchev–Trinajstić information content (AvgIpc) is 3.04. The van der Waals surface area contributed by atoms with Gasteiger partial charge in [-0.15, -0.1) is 11.3 Å². The summed E-state index contributed by atoms with van der Waals surface area (Å²) in [7, 11) is 0. The number of carboxylic acids is 1. The summed E-state index contributed by atoms with van der Waals surface area (Å²) in [5.74, 6) is -3.07. The molecule has 0 radical (unpaired) electrons. The Morgan fingerprint density at radius 3 is 2.41 bits per heavy atom.